The Morgan fingerprint density at radius 3 is 2.68 bits per heavy atom. The second-order valence-corrected chi connectivity index (χ2v) is 5.42. The highest BCUT2D eigenvalue weighted by molar-refractivity contribution is 9.10. The monoisotopic (exact) mass is 327 g/mol. The molecule has 5 nitrogen and oxygen atoms in total. The number of methoxy groups -OCH3 is 1. The van der Waals surface area contributed by atoms with E-state index in [1.54, 1.807) is 25.3 Å². The fourth-order valence-electron chi connectivity index (χ4n) is 1.81. The lowest BCUT2D eigenvalue weighted by atomic mass is 10.1. The molecule has 0 unspecified atom stereocenters. The average molecular weight is 328 g/mol. The molecule has 0 aromatic heterocycles. The molecule has 0 aliphatic heterocycles. The predicted octanol–water partition coefficient (Wildman–Crippen LogP) is 1.73. The molecule has 6 heteroatoms. The summed E-state index contributed by atoms with van der Waals surface area (Å²) in [4.78, 5) is 22.9. The molecule has 2 rings (SSSR count). The van der Waals surface area contributed by atoms with E-state index >= 15 is 0 Å². The molecule has 1 aliphatic rings. The van der Waals surface area contributed by atoms with E-state index in [0.29, 0.717) is 18.6 Å². The zero-order valence-electron chi connectivity index (χ0n) is 10.4. The van der Waals surface area contributed by atoms with Crippen LogP contribution in [0.4, 0.5) is 0 Å². The topological polar surface area (TPSA) is 75.6 Å². The highest BCUT2D eigenvalue weighted by atomic mass is 79.9. The first kappa shape index (κ1) is 13.9. The van der Waals surface area contributed by atoms with Gasteiger partial charge in [-0.2, -0.15) is 0 Å². The van der Waals surface area contributed by atoms with Crippen molar-refractivity contribution in [2.45, 2.75) is 24.8 Å². The quantitative estimate of drug-likeness (QED) is 0.863. The Kier molecular flexibility index (Phi) is 3.80. The van der Waals surface area contributed by atoms with Crippen LogP contribution in [-0.4, -0.2) is 29.6 Å². The van der Waals surface area contributed by atoms with Crippen LogP contribution < -0.4 is 10.1 Å². The fraction of sp³-hybridized carbons (Fsp3) is 0.385. The van der Waals surface area contributed by atoms with Crippen molar-refractivity contribution >= 4 is 27.8 Å². The Hall–Kier alpha value is -1.56. The summed E-state index contributed by atoms with van der Waals surface area (Å²) in [5.74, 6) is -0.607. The molecule has 0 spiro atoms. The number of amides is 1. The van der Waals surface area contributed by atoms with E-state index < -0.39 is 11.5 Å². The van der Waals surface area contributed by atoms with E-state index in [9.17, 15) is 9.59 Å². The van der Waals surface area contributed by atoms with Crippen molar-refractivity contribution in [3.63, 3.8) is 0 Å². The van der Waals surface area contributed by atoms with Gasteiger partial charge in [-0.1, -0.05) is 15.9 Å². The summed E-state index contributed by atoms with van der Waals surface area (Å²) >= 11 is 3.36. The summed E-state index contributed by atoms with van der Waals surface area (Å²) in [6.45, 7) is 0. The van der Waals surface area contributed by atoms with Gasteiger partial charge in [-0.05, 0) is 36.6 Å². The number of carbonyl (C=O) groups excluding carboxylic acids is 1. The van der Waals surface area contributed by atoms with Crippen molar-refractivity contribution < 1.29 is 19.4 Å². The zero-order valence-corrected chi connectivity index (χ0v) is 12.0. The van der Waals surface area contributed by atoms with Crippen molar-refractivity contribution in [3.8, 4) is 5.75 Å². The van der Waals surface area contributed by atoms with Crippen LogP contribution in [0, 0.1) is 0 Å². The third kappa shape index (κ3) is 3.07. The van der Waals surface area contributed by atoms with Gasteiger partial charge in [0.2, 0.25) is 5.91 Å². The maximum atomic E-state index is 11.9. The van der Waals surface area contributed by atoms with Gasteiger partial charge in [-0.15, -0.1) is 0 Å². The van der Waals surface area contributed by atoms with Crippen LogP contribution in [0.15, 0.2) is 22.7 Å². The first-order valence-corrected chi connectivity index (χ1v) is 6.63. The summed E-state index contributed by atoms with van der Waals surface area (Å²) in [6, 6.07) is 5.33. The molecule has 0 radical (unpaired) electrons. The van der Waals surface area contributed by atoms with Gasteiger partial charge in [-0.25, -0.2) is 4.79 Å². The first-order valence-electron chi connectivity index (χ1n) is 5.84. The molecule has 0 saturated heterocycles. The fourth-order valence-corrected chi connectivity index (χ4v) is 2.20. The van der Waals surface area contributed by atoms with Crippen molar-refractivity contribution in [1.29, 1.82) is 0 Å². The number of carboxylic acid groups (broad SMARTS) is 1. The normalized spacial score (nSPS) is 15.7. The second-order valence-electron chi connectivity index (χ2n) is 4.57. The molecule has 1 fully saturated rings. The molecule has 0 atom stereocenters. The molecular formula is C13H14BrNO4. The lowest BCUT2D eigenvalue weighted by Gasteiger charge is -2.13. The highest BCUT2D eigenvalue weighted by Crippen LogP contribution is 2.35. The minimum atomic E-state index is -1.04. The van der Waals surface area contributed by atoms with Crippen molar-refractivity contribution in [2.24, 2.45) is 0 Å². The van der Waals surface area contributed by atoms with Gasteiger partial charge < -0.3 is 15.2 Å². The number of ether oxygens (including phenoxy) is 1. The molecule has 0 heterocycles. The average Bonchev–Trinajstić information content (AvgIpc) is 3.13. The smallest absolute Gasteiger partial charge is 0.329 e. The molecule has 1 saturated carbocycles. The van der Waals surface area contributed by atoms with Gasteiger partial charge in [-0.3, -0.25) is 4.79 Å². The van der Waals surface area contributed by atoms with E-state index in [1.165, 1.54) is 0 Å². The molecular weight excluding hydrogens is 314 g/mol. The first-order chi connectivity index (χ1) is 8.97. The maximum Gasteiger partial charge on any atom is 0.329 e. The molecule has 1 aromatic rings. The second kappa shape index (κ2) is 5.21. The van der Waals surface area contributed by atoms with Gasteiger partial charge in [0.05, 0.1) is 13.5 Å². The number of rotatable bonds is 5. The van der Waals surface area contributed by atoms with Crippen molar-refractivity contribution in [3.05, 3.63) is 28.2 Å². The Bertz CT molecular complexity index is 525. The van der Waals surface area contributed by atoms with E-state index in [2.05, 4.69) is 21.2 Å². The Labute approximate surface area is 119 Å². The molecule has 19 heavy (non-hydrogen) atoms. The third-order valence-corrected chi connectivity index (χ3v) is 3.92. The predicted molar refractivity (Wildman–Crippen MR) is 72.1 cm³/mol. The number of halogens is 1. The SMILES string of the molecule is COc1ccc(Br)c(CC(=O)NC2(C(=O)O)CC2)c1. The Balaban J connectivity index is 2.05. The van der Waals surface area contributed by atoms with E-state index in [-0.39, 0.29) is 12.3 Å². The van der Waals surface area contributed by atoms with Gasteiger partial charge in [0, 0.05) is 4.47 Å². The van der Waals surface area contributed by atoms with Gasteiger partial charge in [0.15, 0.2) is 0 Å². The number of carbonyl (C=O) groups is 2. The minimum absolute atomic E-state index is 0.118. The Morgan fingerprint density at radius 2 is 2.16 bits per heavy atom. The van der Waals surface area contributed by atoms with Crippen molar-refractivity contribution in [2.75, 3.05) is 7.11 Å². The van der Waals surface area contributed by atoms with E-state index in [1.807, 2.05) is 0 Å². The summed E-state index contributed by atoms with van der Waals surface area (Å²) in [6.07, 6.45) is 1.10. The molecule has 1 amide bonds. The molecule has 2 N–H and O–H groups in total. The van der Waals surface area contributed by atoms with Crippen LogP contribution in [0.1, 0.15) is 18.4 Å². The van der Waals surface area contributed by atoms with Gasteiger partial charge in [0.25, 0.3) is 0 Å². The van der Waals surface area contributed by atoms with Crippen LogP contribution in [0.2, 0.25) is 0 Å². The van der Waals surface area contributed by atoms with E-state index in [0.717, 1.165) is 10.0 Å². The standard InChI is InChI=1S/C13H14BrNO4/c1-19-9-2-3-10(14)8(6-9)7-11(16)15-13(4-5-13)12(17)18/h2-3,6H,4-5,7H2,1H3,(H,15,16)(H,17,18). The number of aliphatic carboxylic acids is 1. The third-order valence-electron chi connectivity index (χ3n) is 3.14. The molecule has 1 aliphatic carbocycles. The summed E-state index contributed by atoms with van der Waals surface area (Å²) < 4.78 is 5.89. The van der Waals surface area contributed by atoms with Gasteiger partial charge in [0.1, 0.15) is 11.3 Å². The largest absolute Gasteiger partial charge is 0.497 e. The Morgan fingerprint density at radius 1 is 1.47 bits per heavy atom. The minimum Gasteiger partial charge on any atom is -0.497 e. The zero-order chi connectivity index (χ0) is 14.0. The van der Waals surface area contributed by atoms with Crippen molar-refractivity contribution in [1.82, 2.24) is 5.32 Å². The molecule has 1 aromatic carbocycles. The maximum absolute atomic E-state index is 11.9. The summed E-state index contributed by atoms with van der Waals surface area (Å²) in [5, 5.41) is 11.6. The van der Waals surface area contributed by atoms with E-state index in [4.69, 9.17) is 9.84 Å². The van der Waals surface area contributed by atoms with Gasteiger partial charge >= 0.3 is 5.97 Å². The number of benzene rings is 1. The number of hydrogen-bond acceptors (Lipinski definition) is 3. The van der Waals surface area contributed by atoms with Crippen LogP contribution in [0.3, 0.4) is 0 Å². The van der Waals surface area contributed by atoms with Crippen LogP contribution in [-0.2, 0) is 16.0 Å². The number of hydrogen-bond donors (Lipinski definition) is 2. The molecule has 0 bridgehead atoms. The van der Waals surface area contributed by atoms with Crippen LogP contribution in [0.25, 0.3) is 0 Å². The van der Waals surface area contributed by atoms with Crippen LogP contribution in [0.5, 0.6) is 5.75 Å². The summed E-state index contributed by atoms with van der Waals surface area (Å²) in [5.41, 5.74) is -0.277. The number of carboxylic acids is 1. The molecule has 102 valence electrons. The highest BCUT2D eigenvalue weighted by Gasteiger charge is 2.51. The van der Waals surface area contributed by atoms with Crippen LogP contribution >= 0.6 is 15.9 Å². The lowest BCUT2D eigenvalue weighted by Crippen LogP contribution is -2.43. The lowest BCUT2D eigenvalue weighted by molar-refractivity contribution is -0.143. The number of nitrogens with one attached hydrogen (secondary N) is 1. The summed E-state index contributed by atoms with van der Waals surface area (Å²) in [7, 11) is 1.55.